The molecule has 6 nitrogen and oxygen atoms in total. The number of rotatable bonds is 3. The van der Waals surface area contributed by atoms with Gasteiger partial charge in [0.05, 0.1) is 7.11 Å². The summed E-state index contributed by atoms with van der Waals surface area (Å²) in [6.07, 6.45) is 3.04. The van der Waals surface area contributed by atoms with Crippen LogP contribution in [0.2, 0.25) is 0 Å². The Morgan fingerprint density at radius 1 is 1.14 bits per heavy atom. The van der Waals surface area contributed by atoms with Gasteiger partial charge >= 0.3 is 12.1 Å². The lowest BCUT2D eigenvalue weighted by molar-refractivity contribution is -0.154. The predicted octanol–water partition coefficient (Wildman–Crippen LogP) is 2.54. The summed E-state index contributed by atoms with van der Waals surface area (Å²) in [7, 11) is 1.19. The molecular weight excluding hydrogens is 286 g/mol. The molecule has 1 aliphatic rings. The average molecular weight is 313 g/mol. The lowest BCUT2D eigenvalue weighted by atomic mass is 9.92. The maximum atomic E-state index is 12.4. The Bertz CT molecular complexity index is 427. The van der Waals surface area contributed by atoms with Gasteiger partial charge in [0.2, 0.25) is 5.78 Å². The molecule has 0 aliphatic carbocycles. The van der Waals surface area contributed by atoms with Crippen LogP contribution in [0.3, 0.4) is 0 Å². The molecule has 2 atom stereocenters. The van der Waals surface area contributed by atoms with Crippen molar-refractivity contribution < 1.29 is 23.9 Å². The van der Waals surface area contributed by atoms with E-state index in [0.29, 0.717) is 13.0 Å². The summed E-state index contributed by atoms with van der Waals surface area (Å²) in [6, 6.07) is -0.330. The standard InChI is InChI=1S/C16H27NO5/c1-11(13(18)14(19)21-5)12-9-7-6-8-10-17(12)15(20)22-16(2,3)4/h11-12H,6-10H2,1-5H3. The van der Waals surface area contributed by atoms with Crippen molar-refractivity contribution in [3.8, 4) is 0 Å². The Morgan fingerprint density at radius 3 is 2.32 bits per heavy atom. The molecule has 0 bridgehead atoms. The summed E-state index contributed by atoms with van der Waals surface area (Å²) in [4.78, 5) is 37.6. The molecule has 22 heavy (non-hydrogen) atoms. The Morgan fingerprint density at radius 2 is 1.77 bits per heavy atom. The molecule has 126 valence electrons. The molecule has 0 aromatic heterocycles. The molecule has 1 heterocycles. The number of carbonyl (C=O) groups is 3. The van der Waals surface area contributed by atoms with E-state index in [4.69, 9.17) is 4.74 Å². The molecule has 1 saturated heterocycles. The highest BCUT2D eigenvalue weighted by atomic mass is 16.6. The van der Waals surface area contributed by atoms with Crippen LogP contribution < -0.4 is 0 Å². The monoisotopic (exact) mass is 313 g/mol. The molecular formula is C16H27NO5. The molecule has 1 fully saturated rings. The summed E-state index contributed by atoms with van der Waals surface area (Å²) in [5.41, 5.74) is -0.594. The Labute approximate surface area is 132 Å². The summed E-state index contributed by atoms with van der Waals surface area (Å²) >= 11 is 0. The number of ketones is 1. The fraction of sp³-hybridized carbons (Fsp3) is 0.812. The van der Waals surface area contributed by atoms with E-state index in [2.05, 4.69) is 4.74 Å². The third kappa shape index (κ3) is 5.00. The van der Waals surface area contributed by atoms with Crippen LogP contribution in [0.15, 0.2) is 0 Å². The van der Waals surface area contributed by atoms with Crippen molar-refractivity contribution in [1.82, 2.24) is 4.90 Å². The van der Waals surface area contributed by atoms with Crippen molar-refractivity contribution in [3.63, 3.8) is 0 Å². The minimum atomic E-state index is -0.860. The van der Waals surface area contributed by atoms with Gasteiger partial charge in [0.25, 0.3) is 0 Å². The molecule has 0 aromatic rings. The van der Waals surface area contributed by atoms with Gasteiger partial charge in [-0.3, -0.25) is 4.79 Å². The van der Waals surface area contributed by atoms with Crippen LogP contribution >= 0.6 is 0 Å². The number of Topliss-reactive ketones (excluding diaryl/α,β-unsaturated/α-hetero) is 1. The molecule has 6 heteroatoms. The first-order chi connectivity index (χ1) is 10.2. The van der Waals surface area contributed by atoms with Gasteiger partial charge in [-0.2, -0.15) is 0 Å². The van der Waals surface area contributed by atoms with E-state index in [1.165, 1.54) is 7.11 Å². The van der Waals surface area contributed by atoms with Crippen LogP contribution in [-0.2, 0) is 19.1 Å². The van der Waals surface area contributed by atoms with Gasteiger partial charge in [-0.05, 0) is 33.6 Å². The molecule has 0 saturated carbocycles. The van der Waals surface area contributed by atoms with Crippen molar-refractivity contribution >= 4 is 17.8 Å². The summed E-state index contributed by atoms with van der Waals surface area (Å²) in [6.45, 7) is 7.63. The van der Waals surface area contributed by atoms with Crippen LogP contribution in [0.25, 0.3) is 0 Å². The summed E-state index contributed by atoms with van der Waals surface area (Å²) < 4.78 is 9.95. The lowest BCUT2D eigenvalue weighted by Gasteiger charge is -2.34. The minimum absolute atomic E-state index is 0.330. The second-order valence-electron chi connectivity index (χ2n) is 6.73. The SMILES string of the molecule is COC(=O)C(=O)C(C)C1CCCCCN1C(=O)OC(C)(C)C. The van der Waals surface area contributed by atoms with Gasteiger partial charge in [0.1, 0.15) is 5.60 Å². The predicted molar refractivity (Wildman–Crippen MR) is 81.4 cm³/mol. The number of esters is 1. The molecule has 0 radical (unpaired) electrons. The molecule has 0 N–H and O–H groups in total. The first-order valence-electron chi connectivity index (χ1n) is 7.79. The minimum Gasteiger partial charge on any atom is -0.463 e. The van der Waals surface area contributed by atoms with Crippen molar-refractivity contribution in [3.05, 3.63) is 0 Å². The molecule has 1 aliphatic heterocycles. The smallest absolute Gasteiger partial charge is 0.410 e. The average Bonchev–Trinajstić information content (AvgIpc) is 2.68. The fourth-order valence-corrected chi connectivity index (χ4v) is 2.66. The maximum Gasteiger partial charge on any atom is 0.410 e. The highest BCUT2D eigenvalue weighted by molar-refractivity contribution is 6.34. The Kier molecular flexibility index (Phi) is 6.38. The number of amides is 1. The van der Waals surface area contributed by atoms with Crippen molar-refractivity contribution in [2.75, 3.05) is 13.7 Å². The van der Waals surface area contributed by atoms with Crippen LogP contribution in [0.5, 0.6) is 0 Å². The quantitative estimate of drug-likeness (QED) is 0.591. The maximum absolute atomic E-state index is 12.4. The number of ether oxygens (including phenoxy) is 2. The van der Waals surface area contributed by atoms with E-state index in [9.17, 15) is 14.4 Å². The highest BCUT2D eigenvalue weighted by Crippen LogP contribution is 2.25. The number of carbonyl (C=O) groups excluding carboxylic acids is 3. The summed E-state index contributed by atoms with van der Waals surface area (Å²) in [5.74, 6) is -2.05. The molecule has 0 spiro atoms. The second kappa shape index (κ2) is 7.61. The lowest BCUT2D eigenvalue weighted by Crippen LogP contribution is -2.48. The fourth-order valence-electron chi connectivity index (χ4n) is 2.66. The topological polar surface area (TPSA) is 72.9 Å². The first kappa shape index (κ1) is 18.5. The van der Waals surface area contributed by atoms with Crippen molar-refractivity contribution in [1.29, 1.82) is 0 Å². The third-order valence-electron chi connectivity index (χ3n) is 3.80. The number of hydrogen-bond donors (Lipinski definition) is 0. The molecule has 2 unspecified atom stereocenters. The van der Waals surface area contributed by atoms with Gasteiger partial charge < -0.3 is 14.4 Å². The van der Waals surface area contributed by atoms with E-state index < -0.39 is 29.4 Å². The Balaban J connectivity index is 2.92. The van der Waals surface area contributed by atoms with Gasteiger partial charge in [0.15, 0.2) is 0 Å². The number of methoxy groups -OCH3 is 1. The zero-order valence-corrected chi connectivity index (χ0v) is 14.2. The third-order valence-corrected chi connectivity index (χ3v) is 3.80. The molecule has 1 rings (SSSR count). The molecule has 0 aromatic carbocycles. The van der Waals surface area contributed by atoms with Crippen LogP contribution in [0, 0.1) is 5.92 Å². The zero-order valence-electron chi connectivity index (χ0n) is 14.2. The second-order valence-corrected chi connectivity index (χ2v) is 6.73. The first-order valence-corrected chi connectivity index (χ1v) is 7.79. The van der Waals surface area contributed by atoms with Gasteiger partial charge in [-0.1, -0.05) is 19.8 Å². The number of nitrogens with zero attached hydrogens (tertiary/aromatic N) is 1. The number of likely N-dealkylation sites (tertiary alicyclic amines) is 1. The van der Waals surface area contributed by atoms with E-state index in [-0.39, 0.29) is 6.04 Å². The van der Waals surface area contributed by atoms with Crippen LogP contribution in [0.1, 0.15) is 53.4 Å². The number of hydrogen-bond acceptors (Lipinski definition) is 5. The Hall–Kier alpha value is -1.59. The van der Waals surface area contributed by atoms with E-state index in [1.807, 2.05) is 0 Å². The van der Waals surface area contributed by atoms with Gasteiger partial charge in [0, 0.05) is 18.5 Å². The van der Waals surface area contributed by atoms with Crippen molar-refractivity contribution in [2.45, 2.75) is 65.0 Å². The largest absolute Gasteiger partial charge is 0.463 e. The zero-order chi connectivity index (χ0) is 16.9. The summed E-state index contributed by atoms with van der Waals surface area (Å²) in [5, 5.41) is 0. The van der Waals surface area contributed by atoms with Gasteiger partial charge in [-0.25, -0.2) is 9.59 Å². The van der Waals surface area contributed by atoms with Crippen LogP contribution in [-0.4, -0.2) is 48.0 Å². The normalized spacial score (nSPS) is 20.8. The van der Waals surface area contributed by atoms with Crippen LogP contribution in [0.4, 0.5) is 4.79 Å². The van der Waals surface area contributed by atoms with Crippen molar-refractivity contribution in [2.24, 2.45) is 5.92 Å². The highest BCUT2D eigenvalue weighted by Gasteiger charge is 2.37. The van der Waals surface area contributed by atoms with E-state index in [1.54, 1.807) is 32.6 Å². The van der Waals surface area contributed by atoms with Gasteiger partial charge in [-0.15, -0.1) is 0 Å². The van der Waals surface area contributed by atoms with E-state index in [0.717, 1.165) is 19.3 Å². The van der Waals surface area contributed by atoms with E-state index >= 15 is 0 Å². The molecule has 1 amide bonds.